The van der Waals surface area contributed by atoms with E-state index in [1.54, 1.807) is 13.2 Å². The van der Waals surface area contributed by atoms with Crippen LogP contribution in [0.4, 0.5) is 0 Å². The number of benzene rings is 2. The van der Waals surface area contributed by atoms with E-state index < -0.39 is 0 Å². The molecule has 2 aromatic rings. The zero-order valence-corrected chi connectivity index (χ0v) is 17.3. The lowest BCUT2D eigenvalue weighted by molar-refractivity contribution is 0.132. The highest BCUT2D eigenvalue weighted by Gasteiger charge is 2.31. The number of phenols is 1. The molecule has 5 nitrogen and oxygen atoms in total. The fourth-order valence-corrected chi connectivity index (χ4v) is 4.91. The van der Waals surface area contributed by atoms with Gasteiger partial charge in [0.15, 0.2) is 11.5 Å². The highest BCUT2D eigenvalue weighted by molar-refractivity contribution is 5.43. The second-order valence-corrected chi connectivity index (χ2v) is 8.39. The van der Waals surface area contributed by atoms with Crippen LogP contribution in [0.3, 0.4) is 0 Å². The van der Waals surface area contributed by atoms with Crippen LogP contribution in [0, 0.1) is 0 Å². The molecule has 1 aliphatic heterocycles. The van der Waals surface area contributed by atoms with Crippen LogP contribution in [0.5, 0.6) is 11.5 Å². The van der Waals surface area contributed by atoms with Gasteiger partial charge in [0, 0.05) is 19.1 Å². The van der Waals surface area contributed by atoms with E-state index in [1.165, 1.54) is 43.2 Å². The Kier molecular flexibility index (Phi) is 6.38. The first-order chi connectivity index (χ1) is 14.2. The number of aromatic hydroxyl groups is 1. The molecule has 0 bridgehead atoms. The molecule has 2 aromatic carbocycles. The first-order valence-electron chi connectivity index (χ1n) is 10.8. The zero-order valence-electron chi connectivity index (χ0n) is 17.3. The number of nitrogens with one attached hydrogen (secondary N) is 1. The van der Waals surface area contributed by atoms with Gasteiger partial charge in [-0.15, -0.1) is 0 Å². The fraction of sp³-hybridized carbons (Fsp3) is 0.500. The lowest BCUT2D eigenvalue weighted by Gasteiger charge is -2.40. The zero-order chi connectivity index (χ0) is 20.2. The molecular formula is C24H33N3O2. The highest BCUT2D eigenvalue weighted by Crippen LogP contribution is 2.34. The Morgan fingerprint density at radius 2 is 1.86 bits per heavy atom. The van der Waals surface area contributed by atoms with Crippen molar-refractivity contribution < 1.29 is 9.84 Å². The number of phenolic OH excluding ortho intramolecular Hbond substituents is 1. The summed E-state index contributed by atoms with van der Waals surface area (Å²) >= 11 is 0. The van der Waals surface area contributed by atoms with Crippen LogP contribution in [0.15, 0.2) is 42.5 Å². The lowest BCUT2D eigenvalue weighted by atomic mass is 9.92. The van der Waals surface area contributed by atoms with Crippen LogP contribution in [0.1, 0.15) is 54.8 Å². The van der Waals surface area contributed by atoms with Crippen molar-refractivity contribution in [2.24, 2.45) is 5.73 Å². The van der Waals surface area contributed by atoms with Gasteiger partial charge in [-0.25, -0.2) is 0 Å². The summed E-state index contributed by atoms with van der Waals surface area (Å²) in [4.78, 5) is 2.47. The van der Waals surface area contributed by atoms with Crippen LogP contribution in [-0.4, -0.2) is 35.9 Å². The van der Waals surface area contributed by atoms with Gasteiger partial charge in [-0.05, 0) is 48.1 Å². The molecule has 156 valence electrons. The molecule has 0 amide bonds. The van der Waals surface area contributed by atoms with Gasteiger partial charge < -0.3 is 15.6 Å². The van der Waals surface area contributed by atoms with Gasteiger partial charge in [-0.3, -0.25) is 10.2 Å². The molecule has 0 aromatic heterocycles. The minimum Gasteiger partial charge on any atom is -0.504 e. The Morgan fingerprint density at radius 1 is 1.10 bits per heavy atom. The molecule has 5 heteroatoms. The molecule has 0 spiro atoms. The van der Waals surface area contributed by atoms with Gasteiger partial charge in [0.05, 0.1) is 19.3 Å². The molecule has 1 heterocycles. The van der Waals surface area contributed by atoms with E-state index in [-0.39, 0.29) is 18.0 Å². The van der Waals surface area contributed by atoms with Crippen molar-refractivity contribution in [1.82, 2.24) is 10.2 Å². The van der Waals surface area contributed by atoms with E-state index in [4.69, 9.17) is 10.5 Å². The smallest absolute Gasteiger partial charge is 0.160 e. The first-order valence-corrected chi connectivity index (χ1v) is 10.8. The number of fused-ring (bicyclic) bond motifs is 1. The van der Waals surface area contributed by atoms with Gasteiger partial charge in [0.1, 0.15) is 0 Å². The number of hydrogen-bond donors (Lipinski definition) is 3. The van der Waals surface area contributed by atoms with Crippen LogP contribution in [-0.2, 0) is 13.0 Å². The van der Waals surface area contributed by atoms with Crippen LogP contribution >= 0.6 is 0 Å². The molecule has 1 aliphatic carbocycles. The number of rotatable bonds is 6. The molecule has 29 heavy (non-hydrogen) atoms. The van der Waals surface area contributed by atoms with E-state index in [2.05, 4.69) is 34.5 Å². The third-order valence-electron chi connectivity index (χ3n) is 6.47. The van der Waals surface area contributed by atoms with Crippen molar-refractivity contribution in [1.29, 1.82) is 0 Å². The van der Waals surface area contributed by atoms with E-state index >= 15 is 0 Å². The summed E-state index contributed by atoms with van der Waals surface area (Å²) < 4.78 is 5.38. The summed E-state index contributed by atoms with van der Waals surface area (Å²) in [5.41, 5.74) is 10.7. The van der Waals surface area contributed by atoms with Crippen molar-refractivity contribution in [3.8, 4) is 11.5 Å². The summed E-state index contributed by atoms with van der Waals surface area (Å²) in [6.07, 6.45) is 7.12. The standard InChI is InChI=1S/C24H33N3O2/c1-29-22-15-18(11-12-21(22)28)23(24(25)26-20-9-3-2-4-10-20)27-14-13-17-7-5-6-8-19(17)16-27/h5-8,11-12,15,20,23-24,26,28H,2-4,9-10,13-14,16,25H2,1H3. The van der Waals surface area contributed by atoms with Crippen LogP contribution in [0.2, 0.25) is 0 Å². The van der Waals surface area contributed by atoms with Crippen molar-refractivity contribution >= 4 is 0 Å². The Hall–Kier alpha value is -2.08. The predicted octanol–water partition coefficient (Wildman–Crippen LogP) is 3.71. The minimum absolute atomic E-state index is 0.0137. The van der Waals surface area contributed by atoms with Gasteiger partial charge >= 0.3 is 0 Å². The lowest BCUT2D eigenvalue weighted by Crippen LogP contribution is -2.53. The topological polar surface area (TPSA) is 70.8 Å². The summed E-state index contributed by atoms with van der Waals surface area (Å²) in [6, 6.07) is 14.8. The van der Waals surface area contributed by atoms with E-state index in [0.717, 1.165) is 25.1 Å². The average molecular weight is 396 g/mol. The molecule has 1 saturated carbocycles. The van der Waals surface area contributed by atoms with Gasteiger partial charge in [-0.2, -0.15) is 0 Å². The normalized spacial score (nSPS) is 20.1. The second-order valence-electron chi connectivity index (χ2n) is 8.39. The predicted molar refractivity (Wildman–Crippen MR) is 116 cm³/mol. The maximum Gasteiger partial charge on any atom is 0.160 e. The van der Waals surface area contributed by atoms with Crippen LogP contribution in [0.25, 0.3) is 0 Å². The molecular weight excluding hydrogens is 362 g/mol. The number of nitrogens with two attached hydrogens (primary N) is 1. The van der Waals surface area contributed by atoms with Crippen molar-refractivity contribution in [2.45, 2.75) is 63.3 Å². The molecule has 2 aliphatic rings. The minimum atomic E-state index is -0.183. The fourth-order valence-electron chi connectivity index (χ4n) is 4.91. The highest BCUT2D eigenvalue weighted by atomic mass is 16.5. The molecule has 0 saturated heterocycles. The molecule has 1 fully saturated rings. The van der Waals surface area contributed by atoms with Crippen molar-refractivity contribution in [2.75, 3.05) is 13.7 Å². The Bertz CT molecular complexity index is 820. The summed E-state index contributed by atoms with van der Waals surface area (Å²) in [6.45, 7) is 1.84. The second kappa shape index (κ2) is 9.16. The Morgan fingerprint density at radius 3 is 2.62 bits per heavy atom. The molecule has 2 atom stereocenters. The van der Waals surface area contributed by atoms with Crippen LogP contribution < -0.4 is 15.8 Å². The quantitative estimate of drug-likeness (QED) is 0.651. The van der Waals surface area contributed by atoms with E-state index in [0.29, 0.717) is 11.8 Å². The van der Waals surface area contributed by atoms with E-state index in [9.17, 15) is 5.11 Å². The number of methoxy groups -OCH3 is 1. The summed E-state index contributed by atoms with van der Waals surface area (Å²) in [7, 11) is 1.59. The maximum atomic E-state index is 10.1. The SMILES string of the molecule is COc1cc(C(C(N)NC2CCCCC2)N2CCc3ccccc3C2)ccc1O. The van der Waals surface area contributed by atoms with Crippen molar-refractivity contribution in [3.63, 3.8) is 0 Å². The molecule has 4 rings (SSSR count). The monoisotopic (exact) mass is 395 g/mol. The van der Waals surface area contributed by atoms with E-state index in [1.807, 2.05) is 12.1 Å². The Balaban J connectivity index is 1.61. The third-order valence-corrected chi connectivity index (χ3v) is 6.47. The third kappa shape index (κ3) is 4.58. The number of hydrogen-bond acceptors (Lipinski definition) is 5. The summed E-state index contributed by atoms with van der Waals surface area (Å²) in [5, 5.41) is 13.8. The number of ether oxygens (including phenoxy) is 1. The molecule has 2 unspecified atom stereocenters. The number of nitrogens with zero attached hydrogens (tertiary/aromatic N) is 1. The van der Waals surface area contributed by atoms with Gasteiger partial charge in [0.2, 0.25) is 0 Å². The van der Waals surface area contributed by atoms with Gasteiger partial charge in [0.25, 0.3) is 0 Å². The largest absolute Gasteiger partial charge is 0.504 e. The average Bonchev–Trinajstić information content (AvgIpc) is 2.75. The summed E-state index contributed by atoms with van der Waals surface area (Å²) in [5.74, 6) is 0.655. The van der Waals surface area contributed by atoms with Gasteiger partial charge in [-0.1, -0.05) is 49.6 Å². The molecule has 0 radical (unpaired) electrons. The maximum absolute atomic E-state index is 10.1. The van der Waals surface area contributed by atoms with Crippen molar-refractivity contribution in [3.05, 3.63) is 59.2 Å². The Labute approximate surface area is 173 Å². The first kappa shape index (κ1) is 20.2. The molecule has 4 N–H and O–H groups in total.